The summed E-state index contributed by atoms with van der Waals surface area (Å²) in [7, 11) is -2.15. The Balaban J connectivity index is 2.12. The fourth-order valence-electron chi connectivity index (χ4n) is 2.99. The Labute approximate surface area is 161 Å². The zero-order chi connectivity index (χ0) is 19.4. The van der Waals surface area contributed by atoms with Gasteiger partial charge < -0.3 is 4.74 Å². The van der Waals surface area contributed by atoms with E-state index in [9.17, 15) is 8.42 Å². The first-order valence-electron chi connectivity index (χ1n) is 8.73. The van der Waals surface area contributed by atoms with Gasteiger partial charge in [-0.05, 0) is 55.8 Å². The smallest absolute Gasteiger partial charge is 0.264 e. The van der Waals surface area contributed by atoms with Crippen LogP contribution in [0.4, 0.5) is 5.69 Å². The molecule has 3 aromatic rings. The molecule has 140 valence electrons. The van der Waals surface area contributed by atoms with Crippen LogP contribution in [0.15, 0.2) is 83.8 Å². The number of nitrogens with zero attached hydrogens (tertiary/aromatic N) is 1. The SMILES string of the molecule is COc1ccc(N([C@@H](C)c2ccc(C)cc2)S(=O)(=O)c2ccccc2)cc1. The van der Waals surface area contributed by atoms with Gasteiger partial charge in [0.15, 0.2) is 0 Å². The molecule has 0 fully saturated rings. The van der Waals surface area contributed by atoms with Crippen LogP contribution in [0.2, 0.25) is 0 Å². The predicted octanol–water partition coefficient (Wildman–Crippen LogP) is 4.96. The second kappa shape index (κ2) is 7.84. The fraction of sp³-hybridized carbons (Fsp3) is 0.182. The van der Waals surface area contributed by atoms with Crippen molar-refractivity contribution in [3.8, 4) is 5.75 Å². The van der Waals surface area contributed by atoms with Crippen molar-refractivity contribution in [3.63, 3.8) is 0 Å². The molecule has 0 N–H and O–H groups in total. The molecule has 0 unspecified atom stereocenters. The van der Waals surface area contributed by atoms with Crippen LogP contribution in [-0.2, 0) is 10.0 Å². The largest absolute Gasteiger partial charge is 0.497 e. The van der Waals surface area contributed by atoms with Gasteiger partial charge in [-0.25, -0.2) is 8.42 Å². The topological polar surface area (TPSA) is 46.6 Å². The van der Waals surface area contributed by atoms with Gasteiger partial charge in [0.2, 0.25) is 0 Å². The molecule has 0 spiro atoms. The zero-order valence-electron chi connectivity index (χ0n) is 15.7. The highest BCUT2D eigenvalue weighted by Gasteiger charge is 2.30. The maximum absolute atomic E-state index is 13.5. The lowest BCUT2D eigenvalue weighted by Crippen LogP contribution is -2.33. The van der Waals surface area contributed by atoms with Crippen molar-refractivity contribution in [1.82, 2.24) is 0 Å². The Morgan fingerprint density at radius 1 is 0.852 bits per heavy atom. The number of hydrogen-bond donors (Lipinski definition) is 0. The number of ether oxygens (including phenoxy) is 1. The Morgan fingerprint density at radius 2 is 1.44 bits per heavy atom. The van der Waals surface area contributed by atoms with E-state index in [-0.39, 0.29) is 10.9 Å². The van der Waals surface area contributed by atoms with Crippen LogP contribution in [0.3, 0.4) is 0 Å². The third-order valence-electron chi connectivity index (χ3n) is 4.54. The molecule has 0 bridgehead atoms. The lowest BCUT2D eigenvalue weighted by atomic mass is 10.1. The van der Waals surface area contributed by atoms with E-state index in [4.69, 9.17) is 4.74 Å². The van der Waals surface area contributed by atoms with Crippen molar-refractivity contribution in [2.75, 3.05) is 11.4 Å². The molecule has 3 rings (SSSR count). The van der Waals surface area contributed by atoms with Crippen LogP contribution in [-0.4, -0.2) is 15.5 Å². The minimum absolute atomic E-state index is 0.264. The third-order valence-corrected chi connectivity index (χ3v) is 6.45. The molecule has 0 aromatic heterocycles. The van der Waals surface area contributed by atoms with Gasteiger partial charge in [0, 0.05) is 0 Å². The average Bonchev–Trinajstić information content (AvgIpc) is 2.69. The molecule has 0 saturated carbocycles. The van der Waals surface area contributed by atoms with E-state index < -0.39 is 10.0 Å². The first-order valence-corrected chi connectivity index (χ1v) is 10.2. The Kier molecular flexibility index (Phi) is 5.51. The minimum atomic E-state index is -3.74. The number of sulfonamides is 1. The van der Waals surface area contributed by atoms with Crippen LogP contribution in [0, 0.1) is 6.92 Å². The summed E-state index contributed by atoms with van der Waals surface area (Å²) in [6.07, 6.45) is 0. The third kappa shape index (κ3) is 3.98. The number of methoxy groups -OCH3 is 1. The summed E-state index contributed by atoms with van der Waals surface area (Å²) in [5.41, 5.74) is 2.65. The maximum Gasteiger partial charge on any atom is 0.264 e. The molecule has 0 aliphatic heterocycles. The molecule has 0 radical (unpaired) electrons. The van der Waals surface area contributed by atoms with E-state index >= 15 is 0 Å². The minimum Gasteiger partial charge on any atom is -0.497 e. The van der Waals surface area contributed by atoms with E-state index in [0.29, 0.717) is 11.4 Å². The van der Waals surface area contributed by atoms with Crippen LogP contribution in [0.25, 0.3) is 0 Å². The molecule has 3 aromatic carbocycles. The molecule has 0 amide bonds. The summed E-state index contributed by atoms with van der Waals surface area (Å²) >= 11 is 0. The normalized spacial score (nSPS) is 12.4. The summed E-state index contributed by atoms with van der Waals surface area (Å²) < 4.78 is 33.6. The lowest BCUT2D eigenvalue weighted by Gasteiger charge is -2.31. The van der Waals surface area contributed by atoms with Gasteiger partial charge in [0.25, 0.3) is 10.0 Å². The molecule has 0 aliphatic rings. The monoisotopic (exact) mass is 381 g/mol. The second-order valence-corrected chi connectivity index (χ2v) is 8.21. The Morgan fingerprint density at radius 3 is 2.00 bits per heavy atom. The lowest BCUT2D eigenvalue weighted by molar-refractivity contribution is 0.415. The van der Waals surface area contributed by atoms with Gasteiger partial charge in [-0.1, -0.05) is 48.0 Å². The Hall–Kier alpha value is -2.79. The molecule has 0 saturated heterocycles. The van der Waals surface area contributed by atoms with Crippen molar-refractivity contribution in [2.45, 2.75) is 24.8 Å². The molecule has 0 heterocycles. The van der Waals surface area contributed by atoms with Gasteiger partial charge in [-0.15, -0.1) is 0 Å². The van der Waals surface area contributed by atoms with E-state index in [1.54, 1.807) is 61.7 Å². The summed E-state index contributed by atoms with van der Waals surface area (Å²) in [6.45, 7) is 3.91. The zero-order valence-corrected chi connectivity index (χ0v) is 16.5. The van der Waals surface area contributed by atoms with Crippen LogP contribution in [0.5, 0.6) is 5.75 Å². The van der Waals surface area contributed by atoms with Crippen LogP contribution in [0.1, 0.15) is 24.1 Å². The van der Waals surface area contributed by atoms with Crippen LogP contribution < -0.4 is 9.04 Å². The van der Waals surface area contributed by atoms with Crippen LogP contribution >= 0.6 is 0 Å². The molecular formula is C22H23NO3S. The van der Waals surface area contributed by atoms with Gasteiger partial charge in [0.1, 0.15) is 5.75 Å². The second-order valence-electron chi connectivity index (χ2n) is 6.40. The fourth-order valence-corrected chi connectivity index (χ4v) is 4.65. The van der Waals surface area contributed by atoms with Crippen molar-refractivity contribution >= 4 is 15.7 Å². The van der Waals surface area contributed by atoms with Crippen molar-refractivity contribution in [3.05, 3.63) is 90.0 Å². The number of hydrogen-bond acceptors (Lipinski definition) is 3. The first-order chi connectivity index (χ1) is 12.9. The quantitative estimate of drug-likeness (QED) is 0.606. The average molecular weight is 381 g/mol. The number of aryl methyl sites for hydroxylation is 1. The maximum atomic E-state index is 13.5. The number of rotatable bonds is 6. The van der Waals surface area contributed by atoms with Gasteiger partial charge >= 0.3 is 0 Å². The van der Waals surface area contributed by atoms with E-state index in [1.165, 1.54) is 4.31 Å². The van der Waals surface area contributed by atoms with E-state index in [0.717, 1.165) is 11.1 Å². The van der Waals surface area contributed by atoms with Gasteiger partial charge in [-0.2, -0.15) is 0 Å². The van der Waals surface area contributed by atoms with Gasteiger partial charge in [-0.3, -0.25) is 4.31 Å². The molecule has 5 heteroatoms. The van der Waals surface area contributed by atoms with E-state index in [2.05, 4.69) is 0 Å². The molecular weight excluding hydrogens is 358 g/mol. The predicted molar refractivity (Wildman–Crippen MR) is 109 cm³/mol. The highest BCUT2D eigenvalue weighted by molar-refractivity contribution is 7.92. The first kappa shape index (κ1) is 19.0. The van der Waals surface area contributed by atoms with E-state index in [1.807, 2.05) is 38.1 Å². The molecule has 1 atom stereocenters. The molecule has 0 aliphatic carbocycles. The standard InChI is InChI=1S/C22H23NO3S/c1-17-9-11-19(12-10-17)18(2)23(20-13-15-21(26-3)16-14-20)27(24,25)22-7-5-4-6-8-22/h4-16,18H,1-3H3/t18-/m0/s1. The highest BCUT2D eigenvalue weighted by atomic mass is 32.2. The van der Waals surface area contributed by atoms with Gasteiger partial charge in [0.05, 0.1) is 23.7 Å². The number of benzene rings is 3. The highest BCUT2D eigenvalue weighted by Crippen LogP contribution is 2.34. The molecule has 27 heavy (non-hydrogen) atoms. The van der Waals surface area contributed by atoms with Crippen molar-refractivity contribution in [1.29, 1.82) is 0 Å². The van der Waals surface area contributed by atoms with Crippen molar-refractivity contribution < 1.29 is 13.2 Å². The molecule has 4 nitrogen and oxygen atoms in total. The summed E-state index contributed by atoms with van der Waals surface area (Å²) in [4.78, 5) is 0.264. The summed E-state index contributed by atoms with van der Waals surface area (Å²) in [5, 5.41) is 0. The summed E-state index contributed by atoms with van der Waals surface area (Å²) in [5.74, 6) is 0.679. The summed E-state index contributed by atoms with van der Waals surface area (Å²) in [6, 6.07) is 23.1. The van der Waals surface area contributed by atoms with Crippen molar-refractivity contribution in [2.24, 2.45) is 0 Å². The Bertz CT molecular complexity index is 982. The number of anilines is 1.